The van der Waals surface area contributed by atoms with Gasteiger partial charge in [0.05, 0.1) is 8.07 Å². The summed E-state index contributed by atoms with van der Waals surface area (Å²) in [6.07, 6.45) is 3.79. The Bertz CT molecular complexity index is 1620. The first-order valence-corrected chi connectivity index (χ1v) is 16.0. The smallest absolute Gasteiger partial charge is 0.135 e. The topological polar surface area (TPSA) is 38.9 Å². The zero-order valence-electron chi connectivity index (χ0n) is 22.3. The van der Waals surface area contributed by atoms with E-state index in [2.05, 4.69) is 85.1 Å². The molecule has 0 bridgehead atoms. The Balaban J connectivity index is 0.000000193. The molecular formula is C33H30IrN2OSi-2. The zero-order chi connectivity index (χ0) is 26.0. The standard InChI is InChI=1S/C20H18NOSi.C13H12N.Ir/c1-23(2,3)15-8-6-7-14(11-15)18-12-20-17(13-21-18)16-9-4-5-10-19(16)22-20;1-10-3-6-12(7-4-10)13-8-5-11(2)9-14-13;/h4-10,12-13H,1-3H3;3-6,8-9H,1-2H3;/q2*-1;. The molecule has 0 aliphatic carbocycles. The fourth-order valence-electron chi connectivity index (χ4n) is 4.11. The van der Waals surface area contributed by atoms with Crippen LogP contribution in [0.4, 0.5) is 0 Å². The molecule has 1 radical (unpaired) electrons. The molecular weight excluding hydrogens is 661 g/mol. The zero-order valence-corrected chi connectivity index (χ0v) is 25.7. The molecule has 6 aromatic rings. The van der Waals surface area contributed by atoms with Crippen molar-refractivity contribution in [2.45, 2.75) is 33.5 Å². The van der Waals surface area contributed by atoms with Gasteiger partial charge in [0.2, 0.25) is 0 Å². The van der Waals surface area contributed by atoms with Crippen molar-refractivity contribution in [3.63, 3.8) is 0 Å². The maximum Gasteiger partial charge on any atom is 0.135 e. The molecule has 3 heterocycles. The number of aryl methyl sites for hydroxylation is 2. The number of para-hydroxylation sites is 1. The molecule has 0 atom stereocenters. The van der Waals surface area contributed by atoms with E-state index in [-0.39, 0.29) is 20.1 Å². The molecule has 0 aliphatic rings. The van der Waals surface area contributed by atoms with Crippen molar-refractivity contribution in [2.75, 3.05) is 0 Å². The number of pyridine rings is 2. The fraction of sp³-hybridized carbons (Fsp3) is 0.152. The third-order valence-corrected chi connectivity index (χ3v) is 8.21. The number of benzene rings is 3. The van der Waals surface area contributed by atoms with Gasteiger partial charge in [-0.1, -0.05) is 56.9 Å². The number of hydrogen-bond donors (Lipinski definition) is 0. The minimum absolute atomic E-state index is 0. The van der Waals surface area contributed by atoms with Crippen LogP contribution < -0.4 is 5.19 Å². The third kappa shape index (κ3) is 6.19. The van der Waals surface area contributed by atoms with E-state index in [9.17, 15) is 0 Å². The van der Waals surface area contributed by atoms with Crippen molar-refractivity contribution >= 4 is 35.2 Å². The van der Waals surface area contributed by atoms with Gasteiger partial charge in [0.1, 0.15) is 11.2 Å². The van der Waals surface area contributed by atoms with Crippen LogP contribution in [0.3, 0.4) is 0 Å². The molecule has 6 rings (SSSR count). The Morgan fingerprint density at radius 3 is 2.16 bits per heavy atom. The van der Waals surface area contributed by atoms with Gasteiger partial charge in [-0.3, -0.25) is 0 Å². The minimum Gasteiger partial charge on any atom is -0.457 e. The van der Waals surface area contributed by atoms with Gasteiger partial charge in [0.15, 0.2) is 0 Å². The van der Waals surface area contributed by atoms with Crippen LogP contribution in [0.5, 0.6) is 0 Å². The minimum atomic E-state index is -1.38. The number of fused-ring (bicyclic) bond motifs is 3. The number of furan rings is 1. The molecule has 0 saturated carbocycles. The summed E-state index contributed by atoms with van der Waals surface area (Å²) in [7, 11) is -1.38. The van der Waals surface area contributed by atoms with Gasteiger partial charge in [-0.2, -0.15) is 0 Å². The summed E-state index contributed by atoms with van der Waals surface area (Å²) in [6.45, 7) is 11.1. The molecule has 38 heavy (non-hydrogen) atoms. The van der Waals surface area contributed by atoms with Crippen LogP contribution in [0.1, 0.15) is 11.1 Å². The number of aromatic nitrogens is 2. The molecule has 3 nitrogen and oxygen atoms in total. The first-order valence-electron chi connectivity index (χ1n) is 12.5. The Labute approximate surface area is 239 Å². The summed E-state index contributed by atoms with van der Waals surface area (Å²) in [5.74, 6) is 0. The van der Waals surface area contributed by atoms with Gasteiger partial charge in [-0.05, 0) is 36.0 Å². The van der Waals surface area contributed by atoms with Gasteiger partial charge in [0, 0.05) is 43.3 Å². The van der Waals surface area contributed by atoms with Crippen LogP contribution in [-0.4, -0.2) is 18.0 Å². The van der Waals surface area contributed by atoms with E-state index in [0.717, 1.165) is 44.5 Å². The van der Waals surface area contributed by atoms with Crippen molar-refractivity contribution < 1.29 is 24.5 Å². The second-order valence-electron chi connectivity index (χ2n) is 10.4. The molecule has 0 fully saturated rings. The van der Waals surface area contributed by atoms with Crippen LogP contribution in [0.15, 0.2) is 95.7 Å². The maximum absolute atomic E-state index is 5.97. The molecule has 3 aromatic heterocycles. The van der Waals surface area contributed by atoms with E-state index in [0.29, 0.717) is 0 Å². The number of hydrogen-bond acceptors (Lipinski definition) is 3. The first kappa shape index (κ1) is 27.7. The van der Waals surface area contributed by atoms with E-state index < -0.39 is 8.07 Å². The summed E-state index contributed by atoms with van der Waals surface area (Å²) in [5, 5.41) is 3.49. The maximum atomic E-state index is 5.97. The summed E-state index contributed by atoms with van der Waals surface area (Å²) in [5.41, 5.74) is 8.17. The van der Waals surface area contributed by atoms with Gasteiger partial charge in [-0.15, -0.1) is 70.4 Å². The molecule has 0 unspecified atom stereocenters. The first-order chi connectivity index (χ1) is 17.8. The van der Waals surface area contributed by atoms with Crippen LogP contribution in [0.2, 0.25) is 19.6 Å². The quantitative estimate of drug-likeness (QED) is 0.139. The van der Waals surface area contributed by atoms with Crippen molar-refractivity contribution in [3.05, 3.63) is 115 Å². The molecule has 5 heteroatoms. The Morgan fingerprint density at radius 1 is 0.684 bits per heavy atom. The van der Waals surface area contributed by atoms with E-state index >= 15 is 0 Å². The normalized spacial score (nSPS) is 11.1. The summed E-state index contributed by atoms with van der Waals surface area (Å²) >= 11 is 0. The molecule has 0 spiro atoms. The predicted octanol–water partition coefficient (Wildman–Crippen LogP) is 8.16. The molecule has 0 aliphatic heterocycles. The van der Waals surface area contributed by atoms with Crippen molar-refractivity contribution in [2.24, 2.45) is 0 Å². The largest absolute Gasteiger partial charge is 0.457 e. The van der Waals surface area contributed by atoms with Crippen molar-refractivity contribution in [1.82, 2.24) is 9.97 Å². The van der Waals surface area contributed by atoms with E-state index in [4.69, 9.17) is 4.42 Å². The number of rotatable bonds is 3. The molecule has 3 aromatic carbocycles. The van der Waals surface area contributed by atoms with Crippen molar-refractivity contribution in [1.29, 1.82) is 0 Å². The van der Waals surface area contributed by atoms with Gasteiger partial charge < -0.3 is 14.4 Å². The third-order valence-electron chi connectivity index (χ3n) is 6.30. The molecule has 0 saturated heterocycles. The molecule has 0 N–H and O–H groups in total. The summed E-state index contributed by atoms with van der Waals surface area (Å²) in [6, 6.07) is 33.4. The van der Waals surface area contributed by atoms with E-state index in [1.165, 1.54) is 16.3 Å². The Morgan fingerprint density at radius 2 is 1.45 bits per heavy atom. The van der Waals surface area contributed by atoms with Crippen molar-refractivity contribution in [3.8, 4) is 22.5 Å². The molecule has 193 valence electrons. The summed E-state index contributed by atoms with van der Waals surface area (Å²) < 4.78 is 5.97. The predicted molar refractivity (Wildman–Crippen MR) is 157 cm³/mol. The number of nitrogens with zero attached hydrogens (tertiary/aromatic N) is 2. The van der Waals surface area contributed by atoms with Crippen LogP contribution in [0.25, 0.3) is 44.5 Å². The SMILES string of the molecule is C[Si](C)(C)c1[c-]c(-c2cc3oc4ccccc4c3cn2)ccc1.Cc1c[c-]c(-c2ccc(C)cn2)cc1.[Ir]. The molecule has 0 amide bonds. The summed E-state index contributed by atoms with van der Waals surface area (Å²) in [4.78, 5) is 8.99. The second-order valence-corrected chi connectivity index (χ2v) is 15.4. The average Bonchev–Trinajstić information content (AvgIpc) is 3.28. The Hall–Kier alpha value is -3.37. The van der Waals surface area contributed by atoms with Crippen LogP contribution >= 0.6 is 0 Å². The monoisotopic (exact) mass is 691 g/mol. The van der Waals surface area contributed by atoms with E-state index in [1.807, 2.05) is 61.8 Å². The fourth-order valence-corrected chi connectivity index (χ4v) is 5.22. The van der Waals surface area contributed by atoms with Gasteiger partial charge in [-0.25, -0.2) is 0 Å². The van der Waals surface area contributed by atoms with E-state index in [1.54, 1.807) is 0 Å². The van der Waals surface area contributed by atoms with Crippen LogP contribution in [-0.2, 0) is 20.1 Å². The second kappa shape index (κ2) is 11.6. The van der Waals surface area contributed by atoms with Gasteiger partial charge >= 0.3 is 0 Å². The van der Waals surface area contributed by atoms with Gasteiger partial charge in [0.25, 0.3) is 0 Å². The van der Waals surface area contributed by atoms with Crippen LogP contribution in [0, 0.1) is 26.0 Å². The Kier molecular flexibility index (Phi) is 8.42. The average molecular weight is 691 g/mol.